The number of rotatable bonds is 0. The fourth-order valence-electron chi connectivity index (χ4n) is 1.27. The van der Waals surface area contributed by atoms with Gasteiger partial charge in [0.1, 0.15) is 0 Å². The van der Waals surface area contributed by atoms with Gasteiger partial charge >= 0.3 is 0 Å². The van der Waals surface area contributed by atoms with E-state index in [1.54, 1.807) is 0 Å². The minimum atomic E-state index is -2.73. The van der Waals surface area contributed by atoms with Crippen molar-refractivity contribution < 1.29 is 8.42 Å². The summed E-state index contributed by atoms with van der Waals surface area (Å²) in [6.07, 6.45) is 0.816. The van der Waals surface area contributed by atoms with E-state index in [1.807, 2.05) is 20.8 Å². The molecule has 0 aromatic heterocycles. The van der Waals surface area contributed by atoms with Gasteiger partial charge in [0, 0.05) is 0 Å². The van der Waals surface area contributed by atoms with Crippen LogP contribution in [0.1, 0.15) is 27.2 Å². The molecule has 10 heavy (non-hydrogen) atoms. The predicted molar refractivity (Wildman–Crippen MR) is 41.6 cm³/mol. The molecule has 0 aromatic carbocycles. The van der Waals surface area contributed by atoms with Gasteiger partial charge in [0.2, 0.25) is 0 Å². The molecule has 1 fully saturated rings. The van der Waals surface area contributed by atoms with E-state index in [0.29, 0.717) is 5.75 Å². The van der Waals surface area contributed by atoms with Crippen LogP contribution < -0.4 is 0 Å². The van der Waals surface area contributed by atoms with Gasteiger partial charge in [-0.3, -0.25) is 0 Å². The monoisotopic (exact) mass is 162 g/mol. The third-order valence-electron chi connectivity index (χ3n) is 2.67. The summed E-state index contributed by atoms with van der Waals surface area (Å²) in [5.41, 5.74) is -0.00116. The topological polar surface area (TPSA) is 34.1 Å². The molecule has 2 nitrogen and oxygen atoms in total. The Labute approximate surface area is 62.5 Å². The molecule has 1 heterocycles. The average molecular weight is 162 g/mol. The van der Waals surface area contributed by atoms with E-state index in [4.69, 9.17) is 0 Å². The lowest BCUT2D eigenvalue weighted by Gasteiger charge is -2.20. The Balaban J connectivity index is 2.99. The summed E-state index contributed by atoms with van der Waals surface area (Å²) in [6, 6.07) is 0. The molecule has 1 rings (SSSR count). The van der Waals surface area contributed by atoms with Crippen molar-refractivity contribution in [1.29, 1.82) is 0 Å². The molecular weight excluding hydrogens is 148 g/mol. The summed E-state index contributed by atoms with van der Waals surface area (Å²) >= 11 is 0. The summed E-state index contributed by atoms with van der Waals surface area (Å²) in [5.74, 6) is 0.376. The maximum atomic E-state index is 11.2. The normalized spacial score (nSPS) is 36.1. The number of hydrogen-bond donors (Lipinski definition) is 0. The Bertz CT molecular complexity index is 226. The Kier molecular flexibility index (Phi) is 1.59. The first-order valence-corrected chi connectivity index (χ1v) is 5.29. The molecule has 1 atom stereocenters. The molecular formula is C7H14O2S. The molecule has 0 bridgehead atoms. The first-order chi connectivity index (χ1) is 4.36. The summed E-state index contributed by atoms with van der Waals surface area (Å²) in [6.45, 7) is 5.84. The fourth-order valence-corrected chi connectivity index (χ4v) is 3.53. The van der Waals surface area contributed by atoms with Crippen LogP contribution >= 0.6 is 0 Å². The van der Waals surface area contributed by atoms with Gasteiger partial charge in [-0.15, -0.1) is 0 Å². The molecule has 0 aliphatic carbocycles. The SMILES string of the molecule is CC1C(C)(C)CCS1(=O)=O. The third-order valence-corrected chi connectivity index (χ3v) is 5.16. The van der Waals surface area contributed by atoms with Crippen molar-refractivity contribution >= 4 is 9.84 Å². The predicted octanol–water partition coefficient (Wildman–Crippen LogP) is 1.22. The Morgan fingerprint density at radius 1 is 1.40 bits per heavy atom. The molecule has 0 N–H and O–H groups in total. The van der Waals surface area contributed by atoms with Gasteiger partial charge in [-0.05, 0) is 18.8 Å². The molecule has 1 aliphatic heterocycles. The lowest BCUT2D eigenvalue weighted by molar-refractivity contribution is 0.367. The lowest BCUT2D eigenvalue weighted by Crippen LogP contribution is -2.24. The van der Waals surface area contributed by atoms with Crippen molar-refractivity contribution in [1.82, 2.24) is 0 Å². The highest BCUT2D eigenvalue weighted by atomic mass is 32.2. The average Bonchev–Trinajstić information content (AvgIpc) is 1.95. The molecule has 1 aliphatic rings. The smallest absolute Gasteiger partial charge is 0.153 e. The van der Waals surface area contributed by atoms with E-state index in [9.17, 15) is 8.42 Å². The minimum Gasteiger partial charge on any atom is -0.229 e. The second-order valence-corrected chi connectivity index (χ2v) is 6.19. The second-order valence-electron chi connectivity index (χ2n) is 3.75. The molecule has 1 unspecified atom stereocenters. The van der Waals surface area contributed by atoms with Crippen molar-refractivity contribution in [2.24, 2.45) is 5.41 Å². The van der Waals surface area contributed by atoms with Crippen LogP contribution in [0.2, 0.25) is 0 Å². The van der Waals surface area contributed by atoms with E-state index in [1.165, 1.54) is 0 Å². The zero-order valence-electron chi connectivity index (χ0n) is 6.72. The van der Waals surface area contributed by atoms with Crippen LogP contribution in [0.3, 0.4) is 0 Å². The van der Waals surface area contributed by atoms with Crippen LogP contribution in [-0.2, 0) is 9.84 Å². The Hall–Kier alpha value is -0.0500. The van der Waals surface area contributed by atoms with Gasteiger partial charge in [-0.2, -0.15) is 0 Å². The fraction of sp³-hybridized carbons (Fsp3) is 1.00. The third kappa shape index (κ3) is 1.07. The van der Waals surface area contributed by atoms with Crippen LogP contribution in [0.4, 0.5) is 0 Å². The number of sulfone groups is 1. The van der Waals surface area contributed by atoms with Gasteiger partial charge < -0.3 is 0 Å². The Morgan fingerprint density at radius 2 is 1.90 bits per heavy atom. The maximum Gasteiger partial charge on any atom is 0.153 e. The first kappa shape index (κ1) is 8.05. The van der Waals surface area contributed by atoms with E-state index in [0.717, 1.165) is 6.42 Å². The van der Waals surface area contributed by atoms with Crippen molar-refractivity contribution in [3.63, 3.8) is 0 Å². The number of hydrogen-bond acceptors (Lipinski definition) is 2. The molecule has 60 valence electrons. The summed E-state index contributed by atoms with van der Waals surface area (Å²) in [5, 5.41) is -0.153. The van der Waals surface area contributed by atoms with Gasteiger partial charge in [-0.1, -0.05) is 13.8 Å². The van der Waals surface area contributed by atoms with E-state index in [-0.39, 0.29) is 10.7 Å². The lowest BCUT2D eigenvalue weighted by atomic mass is 9.87. The van der Waals surface area contributed by atoms with Crippen molar-refractivity contribution in [3.05, 3.63) is 0 Å². The summed E-state index contributed by atoms with van der Waals surface area (Å²) in [7, 11) is -2.73. The standard InChI is InChI=1S/C7H14O2S/c1-6-7(2,3)4-5-10(6,8)9/h6H,4-5H2,1-3H3. The van der Waals surface area contributed by atoms with Crippen molar-refractivity contribution in [2.45, 2.75) is 32.4 Å². The quantitative estimate of drug-likeness (QED) is 0.536. The molecule has 0 saturated carbocycles. The highest BCUT2D eigenvalue weighted by Crippen LogP contribution is 2.37. The molecule has 0 amide bonds. The highest BCUT2D eigenvalue weighted by molar-refractivity contribution is 7.92. The minimum absolute atomic E-state index is 0.00116. The van der Waals surface area contributed by atoms with Gasteiger partial charge in [0.25, 0.3) is 0 Å². The zero-order valence-corrected chi connectivity index (χ0v) is 7.53. The maximum absolute atomic E-state index is 11.2. The van der Waals surface area contributed by atoms with E-state index >= 15 is 0 Å². The molecule has 1 saturated heterocycles. The Morgan fingerprint density at radius 3 is 2.00 bits per heavy atom. The van der Waals surface area contributed by atoms with Crippen LogP contribution in [0.15, 0.2) is 0 Å². The van der Waals surface area contributed by atoms with Crippen LogP contribution in [0.5, 0.6) is 0 Å². The van der Waals surface area contributed by atoms with Crippen molar-refractivity contribution in [2.75, 3.05) is 5.75 Å². The van der Waals surface area contributed by atoms with Crippen LogP contribution in [0.25, 0.3) is 0 Å². The second kappa shape index (κ2) is 1.97. The molecule has 0 aromatic rings. The van der Waals surface area contributed by atoms with Crippen LogP contribution in [0, 0.1) is 5.41 Å². The summed E-state index contributed by atoms with van der Waals surface area (Å²) in [4.78, 5) is 0. The van der Waals surface area contributed by atoms with Crippen LogP contribution in [-0.4, -0.2) is 19.4 Å². The van der Waals surface area contributed by atoms with Gasteiger partial charge in [0.15, 0.2) is 9.84 Å². The molecule has 3 heteroatoms. The largest absolute Gasteiger partial charge is 0.229 e. The van der Waals surface area contributed by atoms with E-state index < -0.39 is 9.84 Å². The summed E-state index contributed by atoms with van der Waals surface area (Å²) < 4.78 is 22.4. The van der Waals surface area contributed by atoms with Gasteiger partial charge in [0.05, 0.1) is 11.0 Å². The molecule has 0 spiro atoms. The van der Waals surface area contributed by atoms with E-state index in [2.05, 4.69) is 0 Å². The van der Waals surface area contributed by atoms with Gasteiger partial charge in [-0.25, -0.2) is 8.42 Å². The van der Waals surface area contributed by atoms with Crippen molar-refractivity contribution in [3.8, 4) is 0 Å². The first-order valence-electron chi connectivity index (χ1n) is 3.58. The molecule has 0 radical (unpaired) electrons. The zero-order chi connectivity index (χ0) is 7.99. The highest BCUT2D eigenvalue weighted by Gasteiger charge is 2.42.